The van der Waals surface area contributed by atoms with E-state index in [0.717, 1.165) is 10.4 Å². The number of nitrogens with zero attached hydrogens (tertiary/aromatic N) is 1. The van der Waals surface area contributed by atoms with Crippen LogP contribution in [0.3, 0.4) is 0 Å². The van der Waals surface area contributed by atoms with Crippen LogP contribution >= 0.6 is 15.9 Å². The van der Waals surface area contributed by atoms with Crippen LogP contribution in [0.15, 0.2) is 83.3 Å². The Morgan fingerprint density at radius 3 is 2.06 bits per heavy atom. The van der Waals surface area contributed by atoms with Gasteiger partial charge >= 0.3 is 6.09 Å². The molecule has 4 nitrogen and oxygen atoms in total. The highest BCUT2D eigenvalue weighted by atomic mass is 79.9. The fourth-order valence-corrected chi connectivity index (χ4v) is 10.0. The molecule has 178 valence electrons. The van der Waals surface area contributed by atoms with Crippen molar-refractivity contribution in [1.29, 1.82) is 0 Å². The summed E-state index contributed by atoms with van der Waals surface area (Å²) in [5.74, 6) is -0.404. The first-order chi connectivity index (χ1) is 16.1. The van der Waals surface area contributed by atoms with Crippen molar-refractivity contribution >= 4 is 40.7 Å². The van der Waals surface area contributed by atoms with Gasteiger partial charge in [0.2, 0.25) is 0 Å². The van der Waals surface area contributed by atoms with Gasteiger partial charge in [-0.3, -0.25) is 4.90 Å². The van der Waals surface area contributed by atoms with E-state index in [1.807, 2.05) is 36.4 Å². The van der Waals surface area contributed by atoms with Crippen LogP contribution in [0.4, 0.5) is 9.18 Å². The zero-order valence-corrected chi connectivity index (χ0v) is 22.1. The number of hydrogen-bond acceptors (Lipinski definition) is 2. The van der Waals surface area contributed by atoms with Crippen LogP contribution in [0.2, 0.25) is 5.04 Å². The van der Waals surface area contributed by atoms with Crippen LogP contribution in [-0.4, -0.2) is 37.1 Å². The second kappa shape index (κ2) is 9.64. The van der Waals surface area contributed by atoms with E-state index in [2.05, 4.69) is 61.0 Å². The van der Waals surface area contributed by atoms with Crippen LogP contribution < -0.4 is 10.4 Å². The highest BCUT2D eigenvalue weighted by Crippen LogP contribution is 2.41. The van der Waals surface area contributed by atoms with E-state index in [-0.39, 0.29) is 17.7 Å². The van der Waals surface area contributed by atoms with Crippen LogP contribution in [-0.2, 0) is 4.43 Å². The molecule has 1 N–H and O–H groups in total. The molecule has 0 spiro atoms. The lowest BCUT2D eigenvalue weighted by atomic mass is 10.0. The first-order valence-corrected chi connectivity index (χ1v) is 14.1. The Morgan fingerprint density at radius 2 is 1.59 bits per heavy atom. The summed E-state index contributed by atoms with van der Waals surface area (Å²) in [5.41, 5.74) is 0.636. The number of rotatable bonds is 5. The lowest BCUT2D eigenvalue weighted by Crippen LogP contribution is -2.67. The molecule has 0 radical (unpaired) electrons. The summed E-state index contributed by atoms with van der Waals surface area (Å²) in [6.07, 6.45) is -0.876. The third-order valence-electron chi connectivity index (χ3n) is 6.60. The van der Waals surface area contributed by atoms with Crippen LogP contribution in [0.25, 0.3) is 0 Å². The fraction of sp³-hybridized carbons (Fsp3) is 0.296. The standard InChI is InChI=1S/C27H29BrFNO3Si/c1-27(2,3)34(21-10-6-4-7-11-21,22-12-8-5-9-13-22)33-20-17-25(30(18-20)26(31)32)19-14-15-23(28)24(29)16-19/h4-16,20,25H,17-18H2,1-3H3,(H,31,32). The molecule has 7 heteroatoms. The Labute approximate surface area is 209 Å². The average Bonchev–Trinajstić information content (AvgIpc) is 3.24. The molecule has 1 aliphatic heterocycles. The first-order valence-electron chi connectivity index (χ1n) is 11.4. The maximum absolute atomic E-state index is 14.3. The molecule has 1 heterocycles. The molecule has 34 heavy (non-hydrogen) atoms. The average molecular weight is 543 g/mol. The van der Waals surface area contributed by atoms with Crippen LogP contribution in [0.1, 0.15) is 38.8 Å². The highest BCUT2D eigenvalue weighted by Gasteiger charge is 2.53. The molecule has 0 aliphatic carbocycles. The van der Waals surface area contributed by atoms with Gasteiger partial charge in [-0.1, -0.05) is 87.5 Å². The molecular weight excluding hydrogens is 513 g/mol. The number of benzene rings is 3. The predicted molar refractivity (Wildman–Crippen MR) is 139 cm³/mol. The van der Waals surface area contributed by atoms with Crippen molar-refractivity contribution in [1.82, 2.24) is 4.90 Å². The normalized spacial score (nSPS) is 18.8. The summed E-state index contributed by atoms with van der Waals surface area (Å²) in [5, 5.41) is 12.0. The summed E-state index contributed by atoms with van der Waals surface area (Å²) in [7, 11) is -2.83. The lowest BCUT2D eigenvalue weighted by molar-refractivity contribution is 0.133. The molecule has 4 rings (SSSR count). The topological polar surface area (TPSA) is 49.8 Å². The Kier molecular flexibility index (Phi) is 6.98. The van der Waals surface area contributed by atoms with E-state index in [4.69, 9.17) is 4.43 Å². The molecule has 1 aliphatic rings. The van der Waals surface area contributed by atoms with E-state index in [0.29, 0.717) is 16.5 Å². The molecule has 0 bridgehead atoms. The van der Waals surface area contributed by atoms with Crippen molar-refractivity contribution in [2.24, 2.45) is 0 Å². The minimum Gasteiger partial charge on any atom is -0.465 e. The molecule has 3 aromatic rings. The van der Waals surface area contributed by atoms with E-state index in [1.165, 1.54) is 11.0 Å². The number of amides is 1. The SMILES string of the molecule is CC(C)(C)[Si](OC1CC(c2ccc(Br)c(F)c2)N(C(=O)O)C1)(c1ccccc1)c1ccccc1. The Hall–Kier alpha value is -2.48. The van der Waals surface area contributed by atoms with Gasteiger partial charge in [0.05, 0.1) is 16.6 Å². The number of carboxylic acid groups (broad SMARTS) is 1. The summed E-state index contributed by atoms with van der Waals surface area (Å²) in [6.45, 7) is 6.84. The zero-order valence-electron chi connectivity index (χ0n) is 19.5. The molecule has 2 atom stereocenters. The van der Waals surface area contributed by atoms with Gasteiger partial charge < -0.3 is 9.53 Å². The molecule has 0 saturated carbocycles. The van der Waals surface area contributed by atoms with Crippen molar-refractivity contribution < 1.29 is 18.7 Å². The zero-order chi connectivity index (χ0) is 24.5. The molecule has 2 unspecified atom stereocenters. The second-order valence-electron chi connectivity index (χ2n) is 9.76. The Bertz CT molecular complexity index is 1110. The predicted octanol–water partition coefficient (Wildman–Crippen LogP) is 5.96. The van der Waals surface area contributed by atoms with Crippen molar-refractivity contribution in [3.05, 3.63) is 94.7 Å². The number of likely N-dealkylation sites (tertiary alicyclic amines) is 1. The smallest absolute Gasteiger partial charge is 0.407 e. The lowest BCUT2D eigenvalue weighted by Gasteiger charge is -2.44. The maximum atomic E-state index is 14.3. The summed E-state index contributed by atoms with van der Waals surface area (Å²) >= 11 is 3.18. The van der Waals surface area contributed by atoms with Gasteiger partial charge in [-0.2, -0.15) is 0 Å². The summed E-state index contributed by atoms with van der Waals surface area (Å²) in [4.78, 5) is 13.5. The number of halogens is 2. The van der Waals surface area contributed by atoms with Gasteiger partial charge in [-0.25, -0.2) is 9.18 Å². The van der Waals surface area contributed by atoms with Crippen LogP contribution in [0, 0.1) is 5.82 Å². The van der Waals surface area contributed by atoms with E-state index in [9.17, 15) is 14.3 Å². The minimum atomic E-state index is -2.83. The van der Waals surface area contributed by atoms with E-state index < -0.39 is 26.3 Å². The van der Waals surface area contributed by atoms with Crippen molar-refractivity contribution in [3.8, 4) is 0 Å². The van der Waals surface area contributed by atoms with E-state index in [1.54, 1.807) is 12.1 Å². The van der Waals surface area contributed by atoms with Gasteiger partial charge in [-0.15, -0.1) is 0 Å². The molecule has 1 amide bonds. The maximum Gasteiger partial charge on any atom is 0.407 e. The van der Waals surface area contributed by atoms with Crippen LogP contribution in [0.5, 0.6) is 0 Å². The third-order valence-corrected chi connectivity index (χ3v) is 12.3. The highest BCUT2D eigenvalue weighted by molar-refractivity contribution is 9.10. The Balaban J connectivity index is 1.77. The quantitative estimate of drug-likeness (QED) is 0.405. The third kappa shape index (κ3) is 4.56. The summed E-state index contributed by atoms with van der Waals surface area (Å²) in [6, 6.07) is 24.9. The number of hydrogen-bond donors (Lipinski definition) is 1. The first kappa shape index (κ1) is 24.6. The van der Waals surface area contributed by atoms with Crippen molar-refractivity contribution in [3.63, 3.8) is 0 Å². The number of carbonyl (C=O) groups is 1. The van der Waals surface area contributed by atoms with E-state index >= 15 is 0 Å². The molecule has 0 aromatic heterocycles. The minimum absolute atomic E-state index is 0.217. The van der Waals surface area contributed by atoms with Crippen molar-refractivity contribution in [2.45, 2.75) is 44.4 Å². The van der Waals surface area contributed by atoms with Gasteiger partial charge in [-0.05, 0) is 55.5 Å². The molecule has 1 fully saturated rings. The van der Waals surface area contributed by atoms with Gasteiger partial charge in [0.1, 0.15) is 5.82 Å². The summed E-state index contributed by atoms with van der Waals surface area (Å²) < 4.78 is 21.8. The Morgan fingerprint density at radius 1 is 1.03 bits per heavy atom. The largest absolute Gasteiger partial charge is 0.465 e. The van der Waals surface area contributed by atoms with Gasteiger partial charge in [0.25, 0.3) is 8.32 Å². The van der Waals surface area contributed by atoms with Gasteiger partial charge in [0.15, 0.2) is 0 Å². The molecular formula is C27H29BrFNO3Si. The molecule has 1 saturated heterocycles. The van der Waals surface area contributed by atoms with Crippen molar-refractivity contribution in [2.75, 3.05) is 6.54 Å². The van der Waals surface area contributed by atoms with Gasteiger partial charge in [0, 0.05) is 6.54 Å². The monoisotopic (exact) mass is 541 g/mol. The molecule has 3 aromatic carbocycles. The second-order valence-corrected chi connectivity index (χ2v) is 14.9. The fourth-order valence-electron chi connectivity index (χ4n) is 5.07.